The van der Waals surface area contributed by atoms with Gasteiger partial charge < -0.3 is 45.2 Å². The van der Waals surface area contributed by atoms with E-state index >= 15 is 0 Å². The zero-order valence-corrected chi connectivity index (χ0v) is 57.1. The third kappa shape index (κ3) is 16.0. The molecule has 8 N–H and O–H groups in total. The summed E-state index contributed by atoms with van der Waals surface area (Å²) >= 11 is 12.5. The zero-order valence-electron chi connectivity index (χ0n) is 55.6. The number of amides is 4. The molecule has 4 amide bonds. The lowest BCUT2D eigenvalue weighted by molar-refractivity contribution is 0.0786. The topological polar surface area (TPSA) is 383 Å². The van der Waals surface area contributed by atoms with Crippen molar-refractivity contribution in [1.82, 2.24) is 126 Å². The molecule has 31 nitrogen and oxygen atoms in total. The second-order valence-electron chi connectivity index (χ2n) is 24.2. The van der Waals surface area contributed by atoms with Crippen LogP contribution < -0.4 is 16.0 Å². The van der Waals surface area contributed by atoms with Crippen LogP contribution in [0.25, 0.3) is 68.3 Å². The Hall–Kier alpha value is -12.5. The van der Waals surface area contributed by atoms with Crippen LogP contribution in [0.5, 0.6) is 0 Å². The number of nitrogens with one attached hydrogen (secondary N) is 8. The first kappa shape index (κ1) is 71.9. The first-order valence-corrected chi connectivity index (χ1v) is 33.7. The van der Waals surface area contributed by atoms with Gasteiger partial charge in [-0.2, -0.15) is 18.7 Å². The highest BCUT2D eigenvalue weighted by Gasteiger charge is 2.28. The highest BCUT2D eigenvalue weighted by molar-refractivity contribution is 6.37. The molecular weight excluding hydrogens is 1430 g/mol. The molecule has 13 aromatic rings. The molecule has 1 aliphatic carbocycles. The number of carbonyl (C=O) groups excluding carboxylic acids is 4. The van der Waals surface area contributed by atoms with Crippen LogP contribution in [0.1, 0.15) is 98.9 Å². The predicted octanol–water partition coefficient (Wildman–Crippen LogP) is 10.1. The van der Waals surface area contributed by atoms with Gasteiger partial charge in [0.1, 0.15) is 45.5 Å². The normalized spacial score (nSPS) is 14.1. The summed E-state index contributed by atoms with van der Waals surface area (Å²) in [6, 6.07) is 21.4. The number of anilines is 1. The Labute approximate surface area is 604 Å². The summed E-state index contributed by atoms with van der Waals surface area (Å²) in [6.45, 7) is 4.90. The number of aromatic amines is 5. The van der Waals surface area contributed by atoms with Gasteiger partial charge in [-0.05, 0) is 165 Å². The largest absolute Gasteiger partial charge is 0.376 e. The second-order valence-corrected chi connectivity index (χ2v) is 25.0. The number of imidazole rings is 1. The van der Waals surface area contributed by atoms with Crippen LogP contribution in [-0.4, -0.2) is 178 Å². The van der Waals surface area contributed by atoms with Gasteiger partial charge in [0.2, 0.25) is 5.95 Å². The zero-order chi connectivity index (χ0) is 74.0. The van der Waals surface area contributed by atoms with Crippen molar-refractivity contribution in [2.75, 3.05) is 38.1 Å². The summed E-state index contributed by atoms with van der Waals surface area (Å²) in [5, 5.41) is 54.1. The fraction of sp³-hybridized carbons (Fsp3) is 0.239. The maximum atomic E-state index is 14.4. The molecular formula is C67H60Cl2F6N26O5. The number of hydrogen-bond donors (Lipinski definition) is 8. The van der Waals surface area contributed by atoms with Gasteiger partial charge in [-0.25, -0.2) is 31.3 Å². The van der Waals surface area contributed by atoms with E-state index < -0.39 is 40.6 Å². The number of tetrazole rings is 4. The number of H-pyrrole nitrogens is 5. The number of para-hydroxylation sites is 2. The molecule has 2 saturated heterocycles. The standard InChI is InChI=1S/C18H18F2N6O.C18H19FN6O2.C16H13F3N6O.C15H10Cl2N8O/c19-13-6-3-7-14(20)16(13)26-17(23-24-25-26)12-8-15(21-10-12)18(27)22-9-11-4-1-2-5-11;1-11-4-2-6-15(16(11)19)25-17(22-23-24-25)12-8-14(20-9-12)18(26)21-10-13-5-3-7-27-13;17-10-3-4-11(18)14(13(10)19)25-15(21-22-23-25)9-7-12(20-8-9)16(26)24-5-1-2-6-24;16-9-2-1-3-10(17)12(9)25-13(22-23-24-25)8-6-11(20-7-8)14(26)21-15-18-4-5-19-15/h3,6-8,10-11,21H,1-2,4-5,9H2,(H,22,27);2,4,6,8-9,13,20H,3,5,7,10H2,1H3,(H,21,26);3-4,7-8,20H,1-2,5-6H2;1-7,20H,(H2,18,19,21,26)/t;13-;;/m.0../s1. The van der Waals surface area contributed by atoms with Gasteiger partial charge in [0.05, 0.1) is 16.1 Å². The summed E-state index contributed by atoms with van der Waals surface area (Å²) in [6.07, 6.45) is 18.0. The number of ether oxygens (including phenoxy) is 1. The summed E-state index contributed by atoms with van der Waals surface area (Å²) < 4.78 is 94.1. The monoisotopic (exact) mass is 1490 g/mol. The molecule has 3 aliphatic rings. The van der Waals surface area contributed by atoms with E-state index in [0.29, 0.717) is 122 Å². The van der Waals surface area contributed by atoms with Crippen LogP contribution >= 0.6 is 23.2 Å². The van der Waals surface area contributed by atoms with Crippen LogP contribution in [0.2, 0.25) is 10.0 Å². The SMILES string of the molecule is Cc1cccc(-n2nnnc2-c2c[nH]c(C(=O)NC[C@@H]3CCCO3)c2)c1F.O=C(NCC1CCCC1)c1cc(-c2nnnn2-c2c(F)cccc2F)c[nH]1.O=C(Nc1ncc[nH]1)c1cc(-c2nnnn2-c2c(Cl)cccc2Cl)c[nH]1.O=C(c1cc(-c2nnnn2-c2c(F)ccc(F)c2F)c[nH]1)N1CCCC1. The van der Waals surface area contributed by atoms with Crippen LogP contribution in [-0.2, 0) is 4.74 Å². The van der Waals surface area contributed by atoms with Crippen molar-refractivity contribution in [3.05, 3.63) is 201 Å². The molecule has 0 spiro atoms. The number of nitrogens with zero attached hydrogens (tertiary/aromatic N) is 18. The maximum absolute atomic E-state index is 14.4. The molecule has 2 aliphatic heterocycles. The summed E-state index contributed by atoms with van der Waals surface area (Å²) in [7, 11) is 0. The minimum atomic E-state index is -1.40. The number of rotatable bonds is 17. The molecule has 1 saturated carbocycles. The molecule has 9 aromatic heterocycles. The van der Waals surface area contributed by atoms with E-state index in [2.05, 4.69) is 108 Å². The van der Waals surface area contributed by atoms with Gasteiger partial charge in [-0.1, -0.05) is 60.3 Å². The lowest BCUT2D eigenvalue weighted by atomic mass is 10.1. The third-order valence-electron chi connectivity index (χ3n) is 17.2. The van der Waals surface area contributed by atoms with Gasteiger partial charge in [0.15, 0.2) is 58.2 Å². The first-order chi connectivity index (χ1) is 51.5. The van der Waals surface area contributed by atoms with Crippen molar-refractivity contribution >= 4 is 52.8 Å². The number of likely N-dealkylation sites (tertiary alicyclic amines) is 1. The third-order valence-corrected chi connectivity index (χ3v) is 17.8. The average molecular weight is 1490 g/mol. The second kappa shape index (κ2) is 32.4. The molecule has 1 atom stereocenters. The van der Waals surface area contributed by atoms with E-state index in [0.717, 1.165) is 72.7 Å². The van der Waals surface area contributed by atoms with Crippen molar-refractivity contribution in [2.24, 2.45) is 5.92 Å². The molecule has 0 unspecified atom stereocenters. The van der Waals surface area contributed by atoms with Gasteiger partial charge in [-0.15, -0.1) is 20.4 Å². The first-order valence-electron chi connectivity index (χ1n) is 32.9. The van der Waals surface area contributed by atoms with E-state index in [1.165, 1.54) is 52.9 Å². The van der Waals surface area contributed by atoms with Crippen molar-refractivity contribution < 1.29 is 50.3 Å². The lowest BCUT2D eigenvalue weighted by Crippen LogP contribution is -2.31. The fourth-order valence-electron chi connectivity index (χ4n) is 11.8. The van der Waals surface area contributed by atoms with Crippen molar-refractivity contribution in [1.29, 1.82) is 0 Å². The molecule has 0 bridgehead atoms. The molecule has 0 radical (unpaired) electrons. The highest BCUT2D eigenvalue weighted by Crippen LogP contribution is 2.33. The predicted molar refractivity (Wildman–Crippen MR) is 368 cm³/mol. The molecule has 16 rings (SSSR count). The number of benzene rings is 4. The Morgan fingerprint density at radius 2 is 0.991 bits per heavy atom. The summed E-state index contributed by atoms with van der Waals surface area (Å²) in [4.78, 5) is 69.3. The van der Waals surface area contributed by atoms with Crippen molar-refractivity contribution in [3.63, 3.8) is 0 Å². The molecule has 3 fully saturated rings. The Morgan fingerprint density at radius 3 is 1.55 bits per heavy atom. The fourth-order valence-corrected chi connectivity index (χ4v) is 12.4. The number of hydrogen-bond acceptors (Lipinski definition) is 18. The Kier molecular flexibility index (Phi) is 22.0. The van der Waals surface area contributed by atoms with Gasteiger partial charge in [-0.3, -0.25) is 24.5 Å². The van der Waals surface area contributed by atoms with Gasteiger partial charge in [0.25, 0.3) is 23.6 Å². The number of aryl methyl sites for hydroxylation is 1. The minimum Gasteiger partial charge on any atom is -0.376 e. The number of aromatic nitrogens is 22. The molecule has 544 valence electrons. The maximum Gasteiger partial charge on any atom is 0.274 e. The van der Waals surface area contributed by atoms with Crippen LogP contribution in [0.4, 0.5) is 32.3 Å². The highest BCUT2D eigenvalue weighted by atomic mass is 35.5. The summed E-state index contributed by atoms with van der Waals surface area (Å²) in [5.74, 6) is -4.89. The molecule has 11 heterocycles. The molecule has 39 heteroatoms. The minimum absolute atomic E-state index is 0.0230. The Balaban J connectivity index is 0.000000125. The van der Waals surface area contributed by atoms with Gasteiger partial charge in [0, 0.05) is 92.2 Å². The summed E-state index contributed by atoms with van der Waals surface area (Å²) in [5.41, 5.74) is 3.44. The molecule has 4 aromatic carbocycles. The molecule has 106 heavy (non-hydrogen) atoms. The number of carbonyl (C=O) groups is 4. The number of halogens is 8. The van der Waals surface area contributed by atoms with Crippen LogP contribution in [0, 0.1) is 47.7 Å². The smallest absolute Gasteiger partial charge is 0.274 e. The van der Waals surface area contributed by atoms with Crippen LogP contribution in [0.15, 0.2) is 128 Å². The van der Waals surface area contributed by atoms with E-state index in [1.54, 1.807) is 85.0 Å². The Morgan fingerprint density at radius 1 is 0.509 bits per heavy atom. The van der Waals surface area contributed by atoms with Crippen LogP contribution in [0.3, 0.4) is 0 Å². The lowest BCUT2D eigenvalue weighted by Gasteiger charge is -2.13. The van der Waals surface area contributed by atoms with E-state index in [9.17, 15) is 45.5 Å². The van der Waals surface area contributed by atoms with Gasteiger partial charge >= 0.3 is 0 Å². The van der Waals surface area contributed by atoms with E-state index in [1.807, 2.05) is 0 Å². The van der Waals surface area contributed by atoms with Crippen molar-refractivity contribution in [3.8, 4) is 68.3 Å². The van der Waals surface area contributed by atoms with Crippen molar-refractivity contribution in [2.45, 2.75) is 64.4 Å². The average Bonchev–Trinajstić information content (AvgIpc) is 1.63. The Bertz CT molecular complexity index is 5220. The van der Waals surface area contributed by atoms with E-state index in [4.69, 9.17) is 27.9 Å². The van der Waals surface area contributed by atoms with E-state index in [-0.39, 0.29) is 52.8 Å². The quantitative estimate of drug-likeness (QED) is 0.0310.